The number of anilines is 2. The lowest BCUT2D eigenvalue weighted by Gasteiger charge is -2.12. The fraction of sp³-hybridized carbons (Fsp3) is 0.143. The number of pyridine rings is 1. The van der Waals surface area contributed by atoms with Crippen LogP contribution in [-0.2, 0) is 0 Å². The van der Waals surface area contributed by atoms with E-state index in [-0.39, 0.29) is 5.56 Å². The topological polar surface area (TPSA) is 45.2 Å². The Kier molecular flexibility index (Phi) is 4.34. The molecule has 0 spiro atoms. The Morgan fingerprint density at radius 3 is 2.60 bits per heavy atom. The highest BCUT2D eigenvalue weighted by atomic mass is 79.9. The molecule has 0 atom stereocenters. The number of nitrogens with zero attached hydrogens (tertiary/aromatic N) is 2. The molecule has 0 unspecified atom stereocenters. The Morgan fingerprint density at radius 2 is 2.05 bits per heavy atom. The zero-order valence-corrected chi connectivity index (χ0v) is 12.6. The molecule has 0 radical (unpaired) electrons. The maximum absolute atomic E-state index is 13.7. The summed E-state index contributed by atoms with van der Waals surface area (Å²) in [5, 5.41) is 2.62. The second-order valence-corrected chi connectivity index (χ2v) is 5.20. The Bertz CT molecular complexity index is 609. The van der Waals surface area contributed by atoms with E-state index in [2.05, 4.69) is 26.2 Å². The summed E-state index contributed by atoms with van der Waals surface area (Å²) >= 11 is 3.17. The quantitative estimate of drug-likeness (QED) is 0.934. The van der Waals surface area contributed by atoms with Crippen molar-refractivity contribution in [3.63, 3.8) is 0 Å². The predicted molar refractivity (Wildman–Crippen MR) is 80.6 cm³/mol. The van der Waals surface area contributed by atoms with E-state index in [0.717, 1.165) is 5.82 Å². The summed E-state index contributed by atoms with van der Waals surface area (Å²) < 4.78 is 14.1. The highest BCUT2D eigenvalue weighted by Crippen LogP contribution is 2.21. The summed E-state index contributed by atoms with van der Waals surface area (Å²) in [6, 6.07) is 7.88. The van der Waals surface area contributed by atoms with Gasteiger partial charge in [-0.1, -0.05) is 6.07 Å². The van der Waals surface area contributed by atoms with Gasteiger partial charge >= 0.3 is 0 Å². The van der Waals surface area contributed by atoms with Crippen LogP contribution in [0.5, 0.6) is 0 Å². The number of nitrogens with one attached hydrogen (secondary N) is 1. The van der Waals surface area contributed by atoms with Gasteiger partial charge in [0.1, 0.15) is 11.6 Å². The smallest absolute Gasteiger partial charge is 0.259 e. The second kappa shape index (κ2) is 6.00. The molecular weight excluding hydrogens is 325 g/mol. The van der Waals surface area contributed by atoms with Crippen LogP contribution in [-0.4, -0.2) is 25.0 Å². The molecule has 0 saturated carbocycles. The number of halogens is 2. The van der Waals surface area contributed by atoms with Crippen molar-refractivity contribution in [2.24, 2.45) is 0 Å². The molecule has 1 N–H and O–H groups in total. The lowest BCUT2D eigenvalue weighted by Crippen LogP contribution is -2.15. The molecule has 0 bridgehead atoms. The van der Waals surface area contributed by atoms with Gasteiger partial charge in [0.05, 0.1) is 17.4 Å². The summed E-state index contributed by atoms with van der Waals surface area (Å²) in [5.74, 6) is -0.320. The van der Waals surface area contributed by atoms with E-state index < -0.39 is 11.7 Å². The zero-order chi connectivity index (χ0) is 14.7. The zero-order valence-electron chi connectivity index (χ0n) is 11.0. The van der Waals surface area contributed by atoms with Crippen molar-refractivity contribution in [1.82, 2.24) is 4.98 Å². The van der Waals surface area contributed by atoms with Crippen molar-refractivity contribution in [1.29, 1.82) is 0 Å². The van der Waals surface area contributed by atoms with E-state index in [4.69, 9.17) is 0 Å². The largest absolute Gasteiger partial charge is 0.363 e. The van der Waals surface area contributed by atoms with Crippen LogP contribution in [0.25, 0.3) is 0 Å². The summed E-state index contributed by atoms with van der Waals surface area (Å²) in [6.07, 6.45) is 1.53. The summed E-state index contributed by atoms with van der Waals surface area (Å²) in [7, 11) is 3.74. The van der Waals surface area contributed by atoms with Crippen LogP contribution >= 0.6 is 15.9 Å². The Labute approximate surface area is 124 Å². The highest BCUT2D eigenvalue weighted by molar-refractivity contribution is 9.10. The molecule has 104 valence electrons. The molecule has 1 heterocycles. The van der Waals surface area contributed by atoms with Crippen molar-refractivity contribution < 1.29 is 9.18 Å². The lowest BCUT2D eigenvalue weighted by molar-refractivity contribution is 0.102. The van der Waals surface area contributed by atoms with Gasteiger partial charge in [-0.25, -0.2) is 9.37 Å². The third kappa shape index (κ3) is 3.14. The molecule has 0 aliphatic carbocycles. The molecule has 0 saturated heterocycles. The number of benzene rings is 1. The molecular formula is C14H13BrFN3O. The summed E-state index contributed by atoms with van der Waals surface area (Å²) in [6.45, 7) is 0. The van der Waals surface area contributed by atoms with Crippen molar-refractivity contribution in [2.45, 2.75) is 0 Å². The minimum atomic E-state index is -0.574. The number of aromatic nitrogens is 1. The Morgan fingerprint density at radius 1 is 1.30 bits per heavy atom. The summed E-state index contributed by atoms with van der Waals surface area (Å²) in [4.78, 5) is 18.1. The van der Waals surface area contributed by atoms with Crippen LogP contribution in [0.1, 0.15) is 10.4 Å². The number of hydrogen-bond donors (Lipinski definition) is 1. The third-order valence-corrected chi connectivity index (χ3v) is 3.31. The van der Waals surface area contributed by atoms with E-state index in [1.165, 1.54) is 18.3 Å². The Balaban J connectivity index is 2.19. The number of amides is 1. The van der Waals surface area contributed by atoms with Crippen LogP contribution < -0.4 is 10.2 Å². The average molecular weight is 338 g/mol. The van der Waals surface area contributed by atoms with Crippen molar-refractivity contribution in [3.8, 4) is 0 Å². The molecule has 6 heteroatoms. The Hall–Kier alpha value is -1.95. The maximum atomic E-state index is 13.7. The molecule has 2 aromatic rings. The van der Waals surface area contributed by atoms with E-state index >= 15 is 0 Å². The first-order valence-corrected chi connectivity index (χ1v) is 6.67. The van der Waals surface area contributed by atoms with E-state index in [1.807, 2.05) is 19.0 Å². The normalized spacial score (nSPS) is 10.2. The number of carbonyl (C=O) groups is 1. The second-order valence-electron chi connectivity index (χ2n) is 4.35. The molecule has 20 heavy (non-hydrogen) atoms. The van der Waals surface area contributed by atoms with Crippen LogP contribution in [0.2, 0.25) is 0 Å². The van der Waals surface area contributed by atoms with Gasteiger partial charge in [0.25, 0.3) is 5.91 Å². The molecule has 0 aliphatic heterocycles. The number of carbonyl (C=O) groups excluding carboxylic acids is 1. The SMILES string of the molecule is CN(C)c1ccc(NC(=O)c2c(F)cccc2Br)cn1. The van der Waals surface area contributed by atoms with Crippen LogP contribution in [0.4, 0.5) is 15.9 Å². The molecule has 0 aliphatic rings. The van der Waals surface area contributed by atoms with Crippen molar-refractivity contribution >= 4 is 33.3 Å². The van der Waals surface area contributed by atoms with Gasteiger partial charge in [-0.05, 0) is 40.2 Å². The predicted octanol–water partition coefficient (Wildman–Crippen LogP) is 3.30. The number of hydrogen-bond acceptors (Lipinski definition) is 3. The first-order valence-electron chi connectivity index (χ1n) is 5.88. The highest BCUT2D eigenvalue weighted by Gasteiger charge is 2.15. The number of rotatable bonds is 3. The van der Waals surface area contributed by atoms with Gasteiger partial charge in [0.15, 0.2) is 0 Å². The van der Waals surface area contributed by atoms with Crippen molar-refractivity contribution in [2.75, 3.05) is 24.3 Å². The monoisotopic (exact) mass is 337 g/mol. The van der Waals surface area contributed by atoms with Crippen LogP contribution in [0.3, 0.4) is 0 Å². The van der Waals surface area contributed by atoms with Crippen LogP contribution in [0.15, 0.2) is 41.0 Å². The van der Waals surface area contributed by atoms with Gasteiger partial charge in [-0.2, -0.15) is 0 Å². The summed E-state index contributed by atoms with van der Waals surface area (Å²) in [5.41, 5.74) is 0.486. The van der Waals surface area contributed by atoms with Gasteiger partial charge in [0.2, 0.25) is 0 Å². The molecule has 1 amide bonds. The van der Waals surface area contributed by atoms with Gasteiger partial charge in [-0.3, -0.25) is 4.79 Å². The van der Waals surface area contributed by atoms with Gasteiger partial charge in [-0.15, -0.1) is 0 Å². The van der Waals surface area contributed by atoms with Crippen LogP contribution in [0, 0.1) is 5.82 Å². The minimum Gasteiger partial charge on any atom is -0.363 e. The molecule has 0 fully saturated rings. The van der Waals surface area contributed by atoms with E-state index in [1.54, 1.807) is 18.2 Å². The minimum absolute atomic E-state index is 0.0239. The fourth-order valence-corrected chi connectivity index (χ4v) is 2.15. The molecule has 2 rings (SSSR count). The first-order chi connectivity index (χ1) is 9.49. The van der Waals surface area contributed by atoms with Crippen molar-refractivity contribution in [3.05, 3.63) is 52.4 Å². The van der Waals surface area contributed by atoms with Gasteiger partial charge < -0.3 is 10.2 Å². The standard InChI is InChI=1S/C14H13BrFN3O/c1-19(2)12-7-6-9(8-17-12)18-14(20)13-10(15)4-3-5-11(13)16/h3-8H,1-2H3,(H,18,20). The average Bonchev–Trinajstić information content (AvgIpc) is 2.39. The molecule has 1 aromatic heterocycles. The van der Waals surface area contributed by atoms with Gasteiger partial charge in [0, 0.05) is 18.6 Å². The first kappa shape index (κ1) is 14.5. The molecule has 1 aromatic carbocycles. The molecule has 4 nitrogen and oxygen atoms in total. The lowest BCUT2D eigenvalue weighted by atomic mass is 10.2. The fourth-order valence-electron chi connectivity index (χ4n) is 1.63. The third-order valence-electron chi connectivity index (χ3n) is 2.65. The van der Waals surface area contributed by atoms with E-state index in [0.29, 0.717) is 10.2 Å². The van der Waals surface area contributed by atoms with E-state index in [9.17, 15) is 9.18 Å². The maximum Gasteiger partial charge on any atom is 0.259 e.